The van der Waals surface area contributed by atoms with E-state index in [0.717, 1.165) is 50.3 Å². The molecule has 0 atom stereocenters. The molecule has 5 nitrogen and oxygen atoms in total. The smallest absolute Gasteiger partial charge is 0.234 e. The van der Waals surface area contributed by atoms with Gasteiger partial charge < -0.3 is 14.8 Å². The summed E-state index contributed by atoms with van der Waals surface area (Å²) in [6, 6.07) is 7.89. The first-order chi connectivity index (χ1) is 11.2. The Bertz CT molecular complexity index is 452. The zero-order valence-electron chi connectivity index (χ0n) is 14.6. The van der Waals surface area contributed by atoms with E-state index in [1.165, 1.54) is 0 Å². The summed E-state index contributed by atoms with van der Waals surface area (Å²) in [6.07, 6.45) is 3.10. The van der Waals surface area contributed by atoms with Crippen LogP contribution in [0.5, 0.6) is 5.75 Å². The molecule has 0 bridgehead atoms. The Labute approximate surface area is 140 Å². The van der Waals surface area contributed by atoms with Crippen LogP contribution in [-0.4, -0.2) is 51.3 Å². The molecule has 23 heavy (non-hydrogen) atoms. The number of nitrogens with one attached hydrogen (secondary N) is 1. The van der Waals surface area contributed by atoms with Crippen molar-refractivity contribution in [1.82, 2.24) is 10.2 Å². The lowest BCUT2D eigenvalue weighted by Crippen LogP contribution is -2.35. The standard InChI is InChI=1S/C18H30N2O3/c1-4-5-12-23-17-9-6-8-16(13-17)14-19-18(21)15-20(2)10-7-11-22-3/h6,8-9,13H,4-5,7,10-12,14-15H2,1-3H3,(H,19,21). The van der Waals surface area contributed by atoms with E-state index in [-0.39, 0.29) is 5.91 Å². The summed E-state index contributed by atoms with van der Waals surface area (Å²) in [5.74, 6) is 0.893. The summed E-state index contributed by atoms with van der Waals surface area (Å²) in [5.41, 5.74) is 1.05. The average Bonchev–Trinajstić information content (AvgIpc) is 2.54. The molecule has 0 aromatic heterocycles. The van der Waals surface area contributed by atoms with Gasteiger partial charge >= 0.3 is 0 Å². The van der Waals surface area contributed by atoms with Crippen LogP contribution in [0, 0.1) is 0 Å². The third-order valence-electron chi connectivity index (χ3n) is 3.46. The van der Waals surface area contributed by atoms with E-state index in [9.17, 15) is 4.79 Å². The highest BCUT2D eigenvalue weighted by atomic mass is 16.5. The molecule has 0 heterocycles. The fourth-order valence-electron chi connectivity index (χ4n) is 2.14. The zero-order valence-corrected chi connectivity index (χ0v) is 14.6. The molecule has 130 valence electrons. The van der Waals surface area contributed by atoms with Gasteiger partial charge in [0, 0.05) is 26.8 Å². The third-order valence-corrected chi connectivity index (χ3v) is 3.46. The summed E-state index contributed by atoms with van der Waals surface area (Å²) < 4.78 is 10.7. The van der Waals surface area contributed by atoms with E-state index in [0.29, 0.717) is 13.1 Å². The molecule has 0 radical (unpaired) electrons. The number of amides is 1. The van der Waals surface area contributed by atoms with Crippen molar-refractivity contribution in [2.45, 2.75) is 32.7 Å². The highest BCUT2D eigenvalue weighted by molar-refractivity contribution is 5.77. The SMILES string of the molecule is CCCCOc1cccc(CNC(=O)CN(C)CCCOC)c1. The van der Waals surface area contributed by atoms with E-state index >= 15 is 0 Å². The van der Waals surface area contributed by atoms with Gasteiger partial charge in [-0.25, -0.2) is 0 Å². The second kappa shape index (κ2) is 11.9. The molecule has 1 amide bonds. The predicted octanol–water partition coefficient (Wildman–Crippen LogP) is 2.45. The van der Waals surface area contributed by atoms with E-state index < -0.39 is 0 Å². The van der Waals surface area contributed by atoms with Crippen LogP contribution < -0.4 is 10.1 Å². The van der Waals surface area contributed by atoms with E-state index in [1.54, 1.807) is 7.11 Å². The first-order valence-corrected chi connectivity index (χ1v) is 8.31. The van der Waals surface area contributed by atoms with Crippen molar-refractivity contribution in [2.24, 2.45) is 0 Å². The van der Waals surface area contributed by atoms with Crippen LogP contribution in [0.3, 0.4) is 0 Å². The van der Waals surface area contributed by atoms with Crippen LogP contribution in [0.1, 0.15) is 31.7 Å². The normalized spacial score (nSPS) is 10.8. The highest BCUT2D eigenvalue weighted by Gasteiger charge is 2.06. The van der Waals surface area contributed by atoms with Crippen molar-refractivity contribution in [2.75, 3.05) is 40.5 Å². The number of likely N-dealkylation sites (N-methyl/N-ethyl adjacent to an activating group) is 1. The van der Waals surface area contributed by atoms with Crippen LogP contribution in [0.4, 0.5) is 0 Å². The molecule has 0 unspecified atom stereocenters. The van der Waals surface area contributed by atoms with Gasteiger partial charge in [-0.05, 0) is 37.6 Å². The zero-order chi connectivity index (χ0) is 16.9. The predicted molar refractivity (Wildman–Crippen MR) is 92.7 cm³/mol. The molecule has 1 aromatic carbocycles. The maximum Gasteiger partial charge on any atom is 0.234 e. The minimum Gasteiger partial charge on any atom is -0.494 e. The van der Waals surface area contributed by atoms with Crippen molar-refractivity contribution < 1.29 is 14.3 Å². The number of methoxy groups -OCH3 is 1. The van der Waals surface area contributed by atoms with Gasteiger partial charge in [-0.2, -0.15) is 0 Å². The molecule has 1 N–H and O–H groups in total. The van der Waals surface area contributed by atoms with Gasteiger partial charge in [0.1, 0.15) is 5.75 Å². The van der Waals surface area contributed by atoms with Crippen molar-refractivity contribution >= 4 is 5.91 Å². The molecular weight excluding hydrogens is 292 g/mol. The first-order valence-electron chi connectivity index (χ1n) is 8.31. The second-order valence-electron chi connectivity index (χ2n) is 5.71. The molecule has 0 saturated carbocycles. The lowest BCUT2D eigenvalue weighted by Gasteiger charge is -2.16. The number of rotatable bonds is 12. The average molecular weight is 322 g/mol. The van der Waals surface area contributed by atoms with Gasteiger partial charge in [0.2, 0.25) is 5.91 Å². The topological polar surface area (TPSA) is 50.8 Å². The van der Waals surface area contributed by atoms with Gasteiger partial charge in [-0.3, -0.25) is 9.69 Å². The fourth-order valence-corrected chi connectivity index (χ4v) is 2.14. The fraction of sp³-hybridized carbons (Fsp3) is 0.611. The minimum atomic E-state index is 0.0298. The summed E-state index contributed by atoms with van der Waals surface area (Å²) in [6.45, 7) is 5.37. The molecule has 0 saturated heterocycles. The maximum atomic E-state index is 11.9. The van der Waals surface area contributed by atoms with Crippen molar-refractivity contribution in [3.05, 3.63) is 29.8 Å². The van der Waals surface area contributed by atoms with Gasteiger partial charge in [-0.15, -0.1) is 0 Å². The maximum absolute atomic E-state index is 11.9. The van der Waals surface area contributed by atoms with Crippen LogP contribution in [0.15, 0.2) is 24.3 Å². The largest absolute Gasteiger partial charge is 0.494 e. The third kappa shape index (κ3) is 9.21. The Balaban J connectivity index is 2.30. The first kappa shape index (κ1) is 19.5. The summed E-state index contributed by atoms with van der Waals surface area (Å²) >= 11 is 0. The number of carbonyl (C=O) groups is 1. The Kier molecular flexibility index (Phi) is 10.1. The minimum absolute atomic E-state index is 0.0298. The number of hydrogen-bond acceptors (Lipinski definition) is 4. The molecular formula is C18H30N2O3. The Hall–Kier alpha value is -1.59. The van der Waals surface area contributed by atoms with Gasteiger partial charge in [0.15, 0.2) is 0 Å². The van der Waals surface area contributed by atoms with E-state index in [4.69, 9.17) is 9.47 Å². The molecule has 5 heteroatoms. The van der Waals surface area contributed by atoms with E-state index in [1.807, 2.05) is 36.2 Å². The molecule has 0 fully saturated rings. The van der Waals surface area contributed by atoms with Gasteiger partial charge in [0.25, 0.3) is 0 Å². The number of unbranched alkanes of at least 4 members (excludes halogenated alkanes) is 1. The summed E-state index contributed by atoms with van der Waals surface area (Å²) in [4.78, 5) is 13.9. The van der Waals surface area contributed by atoms with Crippen LogP contribution >= 0.6 is 0 Å². The van der Waals surface area contributed by atoms with Crippen LogP contribution in [-0.2, 0) is 16.1 Å². The summed E-state index contributed by atoms with van der Waals surface area (Å²) in [7, 11) is 3.63. The van der Waals surface area contributed by atoms with Crippen LogP contribution in [0.25, 0.3) is 0 Å². The number of nitrogens with zero attached hydrogens (tertiary/aromatic N) is 1. The lowest BCUT2D eigenvalue weighted by atomic mass is 10.2. The Morgan fingerprint density at radius 2 is 2.09 bits per heavy atom. The lowest BCUT2D eigenvalue weighted by molar-refractivity contribution is -0.122. The molecule has 1 rings (SSSR count). The number of carbonyl (C=O) groups excluding carboxylic acids is 1. The van der Waals surface area contributed by atoms with Crippen molar-refractivity contribution in [1.29, 1.82) is 0 Å². The molecule has 0 aliphatic heterocycles. The summed E-state index contributed by atoms with van der Waals surface area (Å²) in [5, 5.41) is 2.95. The second-order valence-corrected chi connectivity index (χ2v) is 5.71. The number of ether oxygens (including phenoxy) is 2. The monoisotopic (exact) mass is 322 g/mol. The van der Waals surface area contributed by atoms with E-state index in [2.05, 4.69) is 12.2 Å². The highest BCUT2D eigenvalue weighted by Crippen LogP contribution is 2.13. The number of benzene rings is 1. The van der Waals surface area contributed by atoms with Gasteiger partial charge in [0.05, 0.1) is 13.2 Å². The van der Waals surface area contributed by atoms with Gasteiger partial charge in [-0.1, -0.05) is 25.5 Å². The molecule has 0 aliphatic carbocycles. The van der Waals surface area contributed by atoms with Crippen molar-refractivity contribution in [3.8, 4) is 5.75 Å². The molecule has 0 spiro atoms. The van der Waals surface area contributed by atoms with Crippen LogP contribution in [0.2, 0.25) is 0 Å². The number of hydrogen-bond donors (Lipinski definition) is 1. The molecule has 0 aliphatic rings. The molecule has 1 aromatic rings. The Morgan fingerprint density at radius 1 is 1.26 bits per heavy atom. The quantitative estimate of drug-likeness (QED) is 0.601. The Morgan fingerprint density at radius 3 is 2.83 bits per heavy atom. The van der Waals surface area contributed by atoms with Crippen molar-refractivity contribution in [3.63, 3.8) is 0 Å².